The summed E-state index contributed by atoms with van der Waals surface area (Å²) in [7, 11) is 1.32. The molecule has 0 aliphatic rings. The number of benzene rings is 3. The molecule has 14 heteroatoms. The SMILES string of the molecule is COc1ncc(-c2cc(OCCCCCCC(=O)Nc3ccccc3N)c3ncnc(C)c3c2)cc1N(c1ccc(F)cc1F)S(=O)O. The van der Waals surface area contributed by atoms with Crippen molar-refractivity contribution in [1.29, 1.82) is 0 Å². The third-order valence-electron chi connectivity index (χ3n) is 7.56. The summed E-state index contributed by atoms with van der Waals surface area (Å²) < 4.78 is 63.4. The molecule has 1 amide bonds. The molecule has 0 saturated carbocycles. The number of hydrogen-bond acceptors (Lipinski definition) is 8. The van der Waals surface area contributed by atoms with E-state index in [0.29, 0.717) is 65.0 Å². The molecule has 0 aliphatic carbocycles. The lowest BCUT2D eigenvalue weighted by Gasteiger charge is -2.23. The molecular weight excluding hydrogens is 642 g/mol. The summed E-state index contributed by atoms with van der Waals surface area (Å²) in [4.78, 5) is 25.4. The highest BCUT2D eigenvalue weighted by Gasteiger charge is 2.25. The molecule has 5 rings (SSSR count). The summed E-state index contributed by atoms with van der Waals surface area (Å²) in [5, 5.41) is 3.56. The van der Waals surface area contributed by atoms with Gasteiger partial charge >= 0.3 is 0 Å². The Morgan fingerprint density at radius 3 is 2.52 bits per heavy atom. The molecule has 2 heterocycles. The number of nitrogen functional groups attached to an aromatic ring is 1. The fourth-order valence-corrected chi connectivity index (χ4v) is 5.74. The van der Waals surface area contributed by atoms with Gasteiger partial charge in [-0.25, -0.2) is 32.2 Å². The maximum Gasteiger partial charge on any atom is 0.266 e. The standard InChI is InChI=1S/C34H34F2N6O5S/c1-21-25-15-22(23-16-30(34(46-2)38-19-23)42(48(44)45)29-13-12-24(35)18-26(29)36)17-31(33(25)40-20-39-21)47-14-8-4-3-5-11-32(43)41-28-10-7-6-9-27(28)37/h6-7,9-10,12-13,15-20H,3-5,8,11,14,37H2,1-2H3,(H,41,43)(H,44,45). The van der Waals surface area contributed by atoms with Gasteiger partial charge in [-0.2, -0.15) is 0 Å². The molecule has 2 aromatic heterocycles. The van der Waals surface area contributed by atoms with Gasteiger partial charge in [0.2, 0.25) is 11.8 Å². The molecule has 250 valence electrons. The highest BCUT2D eigenvalue weighted by atomic mass is 32.2. The average molecular weight is 677 g/mol. The minimum atomic E-state index is -2.77. The van der Waals surface area contributed by atoms with Crippen LogP contribution in [0.5, 0.6) is 11.6 Å². The van der Waals surface area contributed by atoms with Gasteiger partial charge in [-0.1, -0.05) is 25.0 Å². The molecule has 4 N–H and O–H groups in total. The predicted molar refractivity (Wildman–Crippen MR) is 181 cm³/mol. The zero-order chi connectivity index (χ0) is 34.2. The summed E-state index contributed by atoms with van der Waals surface area (Å²) in [5.74, 6) is -1.52. The number of halogens is 2. The number of aromatic nitrogens is 3. The smallest absolute Gasteiger partial charge is 0.266 e. The van der Waals surface area contributed by atoms with E-state index in [1.165, 1.54) is 25.7 Å². The molecule has 0 spiro atoms. The van der Waals surface area contributed by atoms with E-state index in [4.69, 9.17) is 15.2 Å². The van der Waals surface area contributed by atoms with Crippen LogP contribution in [0.3, 0.4) is 0 Å². The quantitative estimate of drug-likeness (QED) is 0.0634. The molecule has 0 aliphatic heterocycles. The number of nitrogens with two attached hydrogens (primary N) is 1. The number of unbranched alkanes of at least 4 members (excludes halogenated alkanes) is 3. The Morgan fingerprint density at radius 1 is 0.979 bits per heavy atom. The molecule has 3 aromatic carbocycles. The number of anilines is 4. The first kappa shape index (κ1) is 34.1. The van der Waals surface area contributed by atoms with Crippen molar-refractivity contribution < 1.29 is 31.8 Å². The van der Waals surface area contributed by atoms with Crippen molar-refractivity contribution in [3.8, 4) is 22.8 Å². The number of hydrogen-bond donors (Lipinski definition) is 3. The van der Waals surface area contributed by atoms with Crippen LogP contribution in [-0.2, 0) is 16.1 Å². The van der Waals surface area contributed by atoms with Crippen LogP contribution in [-0.4, -0.2) is 43.3 Å². The second-order valence-corrected chi connectivity index (χ2v) is 11.7. The Morgan fingerprint density at radius 2 is 1.77 bits per heavy atom. The van der Waals surface area contributed by atoms with E-state index >= 15 is 0 Å². The molecule has 0 bridgehead atoms. The van der Waals surface area contributed by atoms with Crippen molar-refractivity contribution in [2.45, 2.75) is 39.0 Å². The summed E-state index contributed by atoms with van der Waals surface area (Å²) in [6.07, 6.45) is 6.47. The van der Waals surface area contributed by atoms with Crippen LogP contribution in [0, 0.1) is 18.6 Å². The number of carbonyl (C=O) groups is 1. The van der Waals surface area contributed by atoms with Crippen molar-refractivity contribution in [3.05, 3.63) is 90.5 Å². The second-order valence-electron chi connectivity index (χ2n) is 10.9. The Labute approximate surface area is 278 Å². The van der Waals surface area contributed by atoms with Gasteiger partial charge in [-0.15, -0.1) is 0 Å². The third kappa shape index (κ3) is 8.01. The number of amides is 1. The maximum absolute atomic E-state index is 14.8. The van der Waals surface area contributed by atoms with E-state index in [2.05, 4.69) is 20.3 Å². The normalized spacial score (nSPS) is 11.7. The lowest BCUT2D eigenvalue weighted by Crippen LogP contribution is -2.21. The average Bonchev–Trinajstić information content (AvgIpc) is 3.06. The number of nitrogens with one attached hydrogen (secondary N) is 1. The Bertz CT molecular complexity index is 1960. The van der Waals surface area contributed by atoms with Gasteiger partial charge < -0.3 is 20.5 Å². The first-order chi connectivity index (χ1) is 23.2. The second kappa shape index (κ2) is 15.6. The maximum atomic E-state index is 14.8. The summed E-state index contributed by atoms with van der Waals surface area (Å²) in [5.41, 5.74) is 9.08. The number of carbonyl (C=O) groups excluding carboxylic acids is 1. The largest absolute Gasteiger partial charge is 0.491 e. The highest BCUT2D eigenvalue weighted by Crippen LogP contribution is 2.39. The zero-order valence-corrected chi connectivity index (χ0v) is 27.1. The zero-order valence-electron chi connectivity index (χ0n) is 26.3. The third-order valence-corrected chi connectivity index (χ3v) is 8.26. The molecule has 11 nitrogen and oxygen atoms in total. The van der Waals surface area contributed by atoms with E-state index in [0.717, 1.165) is 41.1 Å². The van der Waals surface area contributed by atoms with Crippen LogP contribution in [0.25, 0.3) is 22.0 Å². The summed E-state index contributed by atoms with van der Waals surface area (Å²) in [6.45, 7) is 2.23. The van der Waals surface area contributed by atoms with Crippen LogP contribution in [0.4, 0.5) is 31.5 Å². The number of para-hydroxylation sites is 2. The predicted octanol–water partition coefficient (Wildman–Crippen LogP) is 7.11. The fourth-order valence-electron chi connectivity index (χ4n) is 5.13. The number of fused-ring (bicyclic) bond motifs is 1. The monoisotopic (exact) mass is 676 g/mol. The molecule has 0 saturated heterocycles. The Kier molecular flexibility index (Phi) is 11.1. The number of nitrogens with zero attached hydrogens (tertiary/aromatic N) is 4. The minimum Gasteiger partial charge on any atom is -0.491 e. The van der Waals surface area contributed by atoms with E-state index in [-0.39, 0.29) is 23.2 Å². The van der Waals surface area contributed by atoms with Crippen molar-refractivity contribution in [2.24, 2.45) is 0 Å². The van der Waals surface area contributed by atoms with E-state index in [9.17, 15) is 22.3 Å². The van der Waals surface area contributed by atoms with Gasteiger partial charge in [0, 0.05) is 35.3 Å². The lowest BCUT2D eigenvalue weighted by atomic mass is 10.0. The molecule has 1 atom stereocenters. The molecule has 0 radical (unpaired) electrons. The van der Waals surface area contributed by atoms with Gasteiger partial charge in [-0.3, -0.25) is 9.35 Å². The van der Waals surface area contributed by atoms with Crippen LogP contribution < -0.4 is 24.8 Å². The van der Waals surface area contributed by atoms with E-state index in [1.807, 2.05) is 25.1 Å². The summed E-state index contributed by atoms with van der Waals surface area (Å²) in [6, 6.07) is 14.9. The van der Waals surface area contributed by atoms with Crippen molar-refractivity contribution in [3.63, 3.8) is 0 Å². The van der Waals surface area contributed by atoms with Crippen LogP contribution in [0.15, 0.2) is 73.2 Å². The van der Waals surface area contributed by atoms with Gasteiger partial charge in [0.25, 0.3) is 11.3 Å². The van der Waals surface area contributed by atoms with Gasteiger partial charge in [0.05, 0.1) is 30.8 Å². The fraction of sp³-hybridized carbons (Fsp3) is 0.235. The molecule has 1 unspecified atom stereocenters. The van der Waals surface area contributed by atoms with Gasteiger partial charge in [0.1, 0.15) is 29.1 Å². The van der Waals surface area contributed by atoms with Gasteiger partial charge in [-0.05, 0) is 67.8 Å². The highest BCUT2D eigenvalue weighted by molar-refractivity contribution is 7.81. The molecule has 0 fully saturated rings. The van der Waals surface area contributed by atoms with Crippen molar-refractivity contribution in [1.82, 2.24) is 15.0 Å². The van der Waals surface area contributed by atoms with Crippen molar-refractivity contribution >= 4 is 50.8 Å². The topological polar surface area (TPSA) is 153 Å². The van der Waals surface area contributed by atoms with Crippen LogP contribution in [0.1, 0.15) is 37.8 Å². The van der Waals surface area contributed by atoms with Crippen LogP contribution >= 0.6 is 0 Å². The number of methoxy groups -OCH3 is 1. The number of aryl methyl sites for hydroxylation is 1. The van der Waals surface area contributed by atoms with E-state index in [1.54, 1.807) is 18.2 Å². The number of ether oxygens (including phenoxy) is 2. The lowest BCUT2D eigenvalue weighted by molar-refractivity contribution is -0.116. The first-order valence-corrected chi connectivity index (χ1v) is 16.2. The molecule has 5 aromatic rings. The molecular formula is C34H34F2N6O5S. The summed E-state index contributed by atoms with van der Waals surface area (Å²) >= 11 is -2.77. The number of rotatable bonds is 14. The first-order valence-electron chi connectivity index (χ1n) is 15.1. The molecule has 48 heavy (non-hydrogen) atoms. The van der Waals surface area contributed by atoms with Crippen molar-refractivity contribution in [2.75, 3.05) is 29.1 Å². The van der Waals surface area contributed by atoms with E-state index < -0.39 is 22.9 Å². The Hall–Kier alpha value is -5.21. The minimum absolute atomic E-state index is 0.0224. The number of pyridine rings is 1. The Balaban J connectivity index is 1.32. The van der Waals surface area contributed by atoms with Crippen LogP contribution in [0.2, 0.25) is 0 Å². The van der Waals surface area contributed by atoms with Gasteiger partial charge in [0.15, 0.2) is 5.82 Å².